The maximum Gasteiger partial charge on any atom is 0.405 e. The number of halogens is 4. The zero-order valence-electron chi connectivity index (χ0n) is 13.7. The van der Waals surface area contributed by atoms with E-state index in [4.69, 9.17) is 4.74 Å². The van der Waals surface area contributed by atoms with Gasteiger partial charge in [0.2, 0.25) is 5.91 Å². The number of amides is 1. The molecule has 1 heterocycles. The van der Waals surface area contributed by atoms with Gasteiger partial charge >= 0.3 is 6.18 Å². The summed E-state index contributed by atoms with van der Waals surface area (Å²) in [6, 6.07) is 7.29. The molecule has 1 aliphatic heterocycles. The molecule has 2 rings (SSSR count). The Morgan fingerprint density at radius 3 is 2.48 bits per heavy atom. The monoisotopic (exact) mass is 381 g/mol. The first-order valence-electron chi connectivity index (χ1n) is 7.93. The molecule has 0 saturated carbocycles. The third-order valence-electron chi connectivity index (χ3n) is 3.80. The maximum atomic E-state index is 13.2. The first-order chi connectivity index (χ1) is 11.5. The summed E-state index contributed by atoms with van der Waals surface area (Å²) in [5.41, 5.74) is 0. The molecule has 0 radical (unpaired) electrons. The molecule has 0 aromatic heterocycles. The molecule has 1 aromatic rings. The SMILES string of the molecule is Cl.O=C(CCOc1ccccc1)NCC(N1CCNCC1)C(F)(F)F. The molecular formula is C16H23ClF3N3O2. The summed E-state index contributed by atoms with van der Waals surface area (Å²) in [6.45, 7) is 1.36. The van der Waals surface area contributed by atoms with E-state index < -0.39 is 24.7 Å². The number of piperazine rings is 1. The van der Waals surface area contributed by atoms with Crippen molar-refractivity contribution in [1.82, 2.24) is 15.5 Å². The lowest BCUT2D eigenvalue weighted by Crippen LogP contribution is -2.57. The van der Waals surface area contributed by atoms with E-state index in [1.165, 1.54) is 4.90 Å². The summed E-state index contributed by atoms with van der Waals surface area (Å²) in [6.07, 6.45) is -4.35. The zero-order valence-corrected chi connectivity index (χ0v) is 14.5. The third-order valence-corrected chi connectivity index (χ3v) is 3.80. The molecule has 0 spiro atoms. The lowest BCUT2D eigenvalue weighted by atomic mass is 10.2. The quantitative estimate of drug-likeness (QED) is 0.756. The second-order valence-corrected chi connectivity index (χ2v) is 5.56. The highest BCUT2D eigenvalue weighted by Crippen LogP contribution is 2.24. The van der Waals surface area contributed by atoms with E-state index >= 15 is 0 Å². The van der Waals surface area contributed by atoms with Crippen LogP contribution in [0.3, 0.4) is 0 Å². The van der Waals surface area contributed by atoms with Gasteiger partial charge < -0.3 is 15.4 Å². The average molecular weight is 382 g/mol. The number of carbonyl (C=O) groups is 1. The largest absolute Gasteiger partial charge is 0.493 e. The van der Waals surface area contributed by atoms with Crippen molar-refractivity contribution in [3.05, 3.63) is 30.3 Å². The van der Waals surface area contributed by atoms with Crippen LogP contribution in [0.2, 0.25) is 0 Å². The molecule has 0 aliphatic carbocycles. The van der Waals surface area contributed by atoms with Crippen molar-refractivity contribution in [3.63, 3.8) is 0 Å². The fourth-order valence-electron chi connectivity index (χ4n) is 2.52. The Labute approximate surface area is 151 Å². The molecule has 1 fully saturated rings. The van der Waals surface area contributed by atoms with E-state index in [9.17, 15) is 18.0 Å². The van der Waals surface area contributed by atoms with Crippen molar-refractivity contribution in [2.24, 2.45) is 0 Å². The van der Waals surface area contributed by atoms with E-state index in [0.717, 1.165) is 0 Å². The first kappa shape index (κ1) is 21.5. The molecule has 2 N–H and O–H groups in total. The highest BCUT2D eigenvalue weighted by molar-refractivity contribution is 5.85. The first-order valence-corrected chi connectivity index (χ1v) is 7.93. The Bertz CT molecular complexity index is 511. The molecule has 142 valence electrons. The zero-order chi connectivity index (χ0) is 17.4. The van der Waals surface area contributed by atoms with Gasteiger partial charge in [-0.1, -0.05) is 18.2 Å². The molecule has 1 unspecified atom stereocenters. The fraction of sp³-hybridized carbons (Fsp3) is 0.562. The standard InChI is InChI=1S/C16H22F3N3O2.ClH/c17-16(18,19)14(22-9-7-20-8-10-22)12-21-15(23)6-11-24-13-4-2-1-3-5-13;/h1-5,14,20H,6-12H2,(H,21,23);1H. The number of ether oxygens (including phenoxy) is 1. The number of carbonyl (C=O) groups excluding carboxylic acids is 1. The summed E-state index contributed by atoms with van der Waals surface area (Å²) in [7, 11) is 0. The summed E-state index contributed by atoms with van der Waals surface area (Å²) >= 11 is 0. The smallest absolute Gasteiger partial charge is 0.405 e. The Balaban J connectivity index is 0.00000312. The molecule has 1 amide bonds. The van der Waals surface area contributed by atoms with E-state index in [0.29, 0.717) is 31.9 Å². The molecule has 9 heteroatoms. The van der Waals surface area contributed by atoms with Crippen LogP contribution in [0.4, 0.5) is 13.2 Å². The van der Waals surface area contributed by atoms with Crippen LogP contribution in [0.25, 0.3) is 0 Å². The van der Waals surface area contributed by atoms with Crippen molar-refractivity contribution >= 4 is 18.3 Å². The highest BCUT2D eigenvalue weighted by atomic mass is 35.5. The number of nitrogens with zero attached hydrogens (tertiary/aromatic N) is 1. The second kappa shape index (κ2) is 10.5. The Hall–Kier alpha value is -1.51. The Kier molecular flexibility index (Phi) is 9.02. The third kappa shape index (κ3) is 7.50. The van der Waals surface area contributed by atoms with Gasteiger partial charge in [-0.15, -0.1) is 12.4 Å². The molecule has 1 aliphatic rings. The van der Waals surface area contributed by atoms with Crippen LogP contribution in [-0.2, 0) is 4.79 Å². The van der Waals surface area contributed by atoms with Gasteiger partial charge in [0.25, 0.3) is 0 Å². The molecule has 25 heavy (non-hydrogen) atoms. The number of hydrogen-bond acceptors (Lipinski definition) is 4. The summed E-state index contributed by atoms with van der Waals surface area (Å²) in [5, 5.41) is 5.39. The van der Waals surface area contributed by atoms with Gasteiger partial charge in [-0.3, -0.25) is 9.69 Å². The normalized spacial score (nSPS) is 16.6. The highest BCUT2D eigenvalue weighted by Gasteiger charge is 2.43. The molecule has 1 saturated heterocycles. The minimum Gasteiger partial charge on any atom is -0.493 e. The van der Waals surface area contributed by atoms with E-state index in [1.807, 2.05) is 6.07 Å². The predicted molar refractivity (Wildman–Crippen MR) is 91.1 cm³/mol. The minimum absolute atomic E-state index is 0. The van der Waals surface area contributed by atoms with Gasteiger partial charge in [0.15, 0.2) is 0 Å². The summed E-state index contributed by atoms with van der Waals surface area (Å²) in [5.74, 6) is 0.176. The van der Waals surface area contributed by atoms with Crippen molar-refractivity contribution in [2.45, 2.75) is 18.6 Å². The molecule has 0 bridgehead atoms. The van der Waals surface area contributed by atoms with E-state index in [2.05, 4.69) is 10.6 Å². The molecule has 1 aromatic carbocycles. The number of nitrogens with one attached hydrogen (secondary N) is 2. The minimum atomic E-state index is -4.37. The second-order valence-electron chi connectivity index (χ2n) is 5.56. The van der Waals surface area contributed by atoms with Crippen LogP contribution in [-0.4, -0.2) is 62.4 Å². The van der Waals surface area contributed by atoms with Gasteiger partial charge in [-0.2, -0.15) is 13.2 Å². The molecular weight excluding hydrogens is 359 g/mol. The van der Waals surface area contributed by atoms with Crippen molar-refractivity contribution < 1.29 is 22.7 Å². The molecule has 5 nitrogen and oxygen atoms in total. The number of rotatable bonds is 7. The lowest BCUT2D eigenvalue weighted by Gasteiger charge is -2.35. The summed E-state index contributed by atoms with van der Waals surface area (Å²) in [4.78, 5) is 13.1. The number of para-hydroxylation sites is 1. The van der Waals surface area contributed by atoms with Crippen molar-refractivity contribution in [2.75, 3.05) is 39.3 Å². The fourth-order valence-corrected chi connectivity index (χ4v) is 2.52. The summed E-state index contributed by atoms with van der Waals surface area (Å²) < 4.78 is 44.9. The van der Waals surface area contributed by atoms with E-state index in [1.54, 1.807) is 24.3 Å². The van der Waals surface area contributed by atoms with Gasteiger partial charge in [0, 0.05) is 32.7 Å². The Morgan fingerprint density at radius 1 is 1.24 bits per heavy atom. The number of hydrogen-bond donors (Lipinski definition) is 2. The Morgan fingerprint density at radius 2 is 1.88 bits per heavy atom. The topological polar surface area (TPSA) is 53.6 Å². The predicted octanol–water partition coefficient (Wildman–Crippen LogP) is 1.83. The van der Waals surface area contributed by atoms with Gasteiger partial charge in [-0.05, 0) is 12.1 Å². The van der Waals surface area contributed by atoms with Crippen LogP contribution in [0.15, 0.2) is 30.3 Å². The molecule has 1 atom stereocenters. The van der Waals surface area contributed by atoms with Crippen LogP contribution in [0.1, 0.15) is 6.42 Å². The average Bonchev–Trinajstić information content (AvgIpc) is 2.56. The number of benzene rings is 1. The van der Waals surface area contributed by atoms with E-state index in [-0.39, 0.29) is 25.4 Å². The number of alkyl halides is 3. The van der Waals surface area contributed by atoms with Gasteiger partial charge in [0.05, 0.1) is 13.0 Å². The van der Waals surface area contributed by atoms with Crippen molar-refractivity contribution in [3.8, 4) is 5.75 Å². The van der Waals surface area contributed by atoms with Crippen molar-refractivity contribution in [1.29, 1.82) is 0 Å². The lowest BCUT2D eigenvalue weighted by molar-refractivity contribution is -0.184. The van der Waals surface area contributed by atoms with Crippen LogP contribution in [0.5, 0.6) is 5.75 Å². The van der Waals surface area contributed by atoms with Crippen LogP contribution >= 0.6 is 12.4 Å². The van der Waals surface area contributed by atoms with Gasteiger partial charge in [-0.25, -0.2) is 0 Å². The van der Waals surface area contributed by atoms with Crippen LogP contribution in [0, 0.1) is 0 Å². The van der Waals surface area contributed by atoms with Crippen LogP contribution < -0.4 is 15.4 Å². The maximum absolute atomic E-state index is 13.2. The van der Waals surface area contributed by atoms with Gasteiger partial charge in [0.1, 0.15) is 11.8 Å².